The van der Waals surface area contributed by atoms with E-state index in [1.807, 2.05) is 14.1 Å². The summed E-state index contributed by atoms with van der Waals surface area (Å²) in [5.74, 6) is 0.292. The van der Waals surface area contributed by atoms with Crippen molar-refractivity contribution < 1.29 is 19.2 Å². The lowest BCUT2D eigenvalue weighted by Gasteiger charge is -2.18. The summed E-state index contributed by atoms with van der Waals surface area (Å²) in [6.07, 6.45) is 47.2. The fourth-order valence-corrected chi connectivity index (χ4v) is 6.40. The highest BCUT2D eigenvalue weighted by Crippen LogP contribution is 2.11. The number of carbonyl (C=O) groups is 1. The molecule has 0 fully saturated rings. The van der Waals surface area contributed by atoms with Crippen molar-refractivity contribution in [2.24, 2.45) is 0 Å². The lowest BCUT2D eigenvalue weighted by Crippen LogP contribution is -3.15. The molecule has 0 bridgehead atoms. The Bertz CT molecular complexity index is 675. The van der Waals surface area contributed by atoms with Gasteiger partial charge >= 0.3 is 5.91 Å². The minimum atomic E-state index is 0.292. The van der Waals surface area contributed by atoms with E-state index in [-0.39, 0.29) is 0 Å². The third kappa shape index (κ3) is 39.8. The smallest absolute Gasteiger partial charge is 0.313 e. The molecule has 5 nitrogen and oxygen atoms in total. The van der Waals surface area contributed by atoms with Crippen molar-refractivity contribution in [2.75, 3.05) is 60.2 Å². The number of nitrogens with zero attached hydrogens (tertiary/aromatic N) is 1. The van der Waals surface area contributed by atoms with Gasteiger partial charge in [-0.1, -0.05) is 154 Å². The van der Waals surface area contributed by atoms with E-state index in [2.05, 4.69) is 43.1 Å². The van der Waals surface area contributed by atoms with Crippen LogP contribution in [0.5, 0.6) is 0 Å². The van der Waals surface area contributed by atoms with Crippen LogP contribution in [0.25, 0.3) is 0 Å². The lowest BCUT2D eigenvalue weighted by molar-refractivity contribution is -0.822. The van der Waals surface area contributed by atoms with Gasteiger partial charge in [0.25, 0.3) is 0 Å². The van der Waals surface area contributed by atoms with Crippen molar-refractivity contribution in [1.29, 1.82) is 0 Å². The summed E-state index contributed by atoms with van der Waals surface area (Å²) in [5, 5.41) is 0. The number of quaternary nitrogens is 1. The molecule has 0 aliphatic rings. The molecule has 50 heavy (non-hydrogen) atoms. The first-order valence-corrected chi connectivity index (χ1v) is 22.1. The Balaban J connectivity index is 3.76. The highest BCUT2D eigenvalue weighted by molar-refractivity contribution is 5.66. The van der Waals surface area contributed by atoms with Gasteiger partial charge in [-0.15, -0.1) is 0 Å². The van der Waals surface area contributed by atoms with Crippen LogP contribution >= 0.6 is 0 Å². The van der Waals surface area contributed by atoms with Gasteiger partial charge in [-0.3, -0.25) is 4.90 Å². The monoisotopic (exact) mass is 706 g/mol. The SMILES string of the molecule is CCCCCCCC/C=C\CCCCCCCCOCC[NH+](CCOCCCCCCCC/C=C\CCCCCCCC)C(=O)CCN(C)C. The van der Waals surface area contributed by atoms with Gasteiger partial charge in [0.05, 0.1) is 19.6 Å². The molecule has 0 rings (SSSR count). The fourth-order valence-electron chi connectivity index (χ4n) is 6.40. The molecule has 296 valence electrons. The van der Waals surface area contributed by atoms with Crippen LogP contribution in [-0.4, -0.2) is 71.0 Å². The number of amides is 1. The predicted octanol–water partition coefficient (Wildman–Crippen LogP) is 11.5. The number of rotatable bonds is 41. The van der Waals surface area contributed by atoms with Gasteiger partial charge < -0.3 is 14.4 Å². The molecular formula is C45H89N2O3+. The number of nitrogens with one attached hydrogen (secondary N) is 1. The number of allylic oxidation sites excluding steroid dienone is 4. The van der Waals surface area contributed by atoms with Crippen LogP contribution in [-0.2, 0) is 14.3 Å². The Labute approximate surface area is 313 Å². The maximum Gasteiger partial charge on any atom is 0.313 e. The molecule has 0 aromatic heterocycles. The Morgan fingerprint density at radius 2 is 0.780 bits per heavy atom. The molecule has 0 radical (unpaired) electrons. The zero-order valence-electron chi connectivity index (χ0n) is 34.4. The van der Waals surface area contributed by atoms with Crippen molar-refractivity contribution in [3.63, 3.8) is 0 Å². The van der Waals surface area contributed by atoms with E-state index in [4.69, 9.17) is 9.47 Å². The average molecular weight is 706 g/mol. The Hall–Kier alpha value is -1.01. The first kappa shape index (κ1) is 49.0. The van der Waals surface area contributed by atoms with Gasteiger partial charge in [0.2, 0.25) is 0 Å². The van der Waals surface area contributed by atoms with Crippen LogP contribution in [0.2, 0.25) is 0 Å². The van der Waals surface area contributed by atoms with Crippen molar-refractivity contribution >= 4 is 5.91 Å². The summed E-state index contributed by atoms with van der Waals surface area (Å²) in [7, 11) is 4.06. The predicted molar refractivity (Wildman–Crippen MR) is 219 cm³/mol. The molecule has 0 heterocycles. The van der Waals surface area contributed by atoms with E-state index in [1.54, 1.807) is 0 Å². The second kappa shape index (κ2) is 42.4. The highest BCUT2D eigenvalue weighted by Gasteiger charge is 2.19. The zero-order valence-corrected chi connectivity index (χ0v) is 34.4. The summed E-state index contributed by atoms with van der Waals surface area (Å²) < 4.78 is 11.9. The maximum atomic E-state index is 12.9. The first-order valence-electron chi connectivity index (χ1n) is 22.1. The number of hydrogen-bond donors (Lipinski definition) is 1. The van der Waals surface area contributed by atoms with E-state index in [1.165, 1.54) is 167 Å². The molecule has 0 saturated heterocycles. The number of hydrogen-bond acceptors (Lipinski definition) is 4. The molecule has 0 atom stereocenters. The van der Waals surface area contributed by atoms with Crippen LogP contribution in [0.1, 0.15) is 200 Å². The normalized spacial score (nSPS) is 12.1. The third-order valence-corrected chi connectivity index (χ3v) is 9.88. The van der Waals surface area contributed by atoms with E-state index in [0.717, 1.165) is 50.6 Å². The summed E-state index contributed by atoms with van der Waals surface area (Å²) in [6, 6.07) is 0. The zero-order chi connectivity index (χ0) is 36.4. The molecule has 1 amide bonds. The number of carbonyl (C=O) groups excluding carboxylic acids is 1. The van der Waals surface area contributed by atoms with Crippen molar-refractivity contribution in [3.05, 3.63) is 24.3 Å². The van der Waals surface area contributed by atoms with Gasteiger partial charge in [-0.05, 0) is 78.3 Å². The molecule has 0 aromatic carbocycles. The molecule has 1 N–H and O–H groups in total. The maximum absolute atomic E-state index is 12.9. The van der Waals surface area contributed by atoms with Gasteiger partial charge in [-0.25, -0.2) is 4.79 Å². The van der Waals surface area contributed by atoms with Crippen LogP contribution in [0, 0.1) is 0 Å². The lowest BCUT2D eigenvalue weighted by atomic mass is 10.1. The summed E-state index contributed by atoms with van der Waals surface area (Å²) in [6.45, 7) is 9.80. The van der Waals surface area contributed by atoms with E-state index in [9.17, 15) is 4.79 Å². The summed E-state index contributed by atoms with van der Waals surface area (Å²) in [5.41, 5.74) is 0. The van der Waals surface area contributed by atoms with Crippen LogP contribution < -0.4 is 4.90 Å². The molecular weight excluding hydrogens is 617 g/mol. The largest absolute Gasteiger partial charge is 0.376 e. The van der Waals surface area contributed by atoms with Gasteiger partial charge in [0.15, 0.2) is 0 Å². The van der Waals surface area contributed by atoms with Crippen LogP contribution in [0.15, 0.2) is 24.3 Å². The summed E-state index contributed by atoms with van der Waals surface area (Å²) >= 11 is 0. The van der Waals surface area contributed by atoms with Crippen molar-refractivity contribution in [3.8, 4) is 0 Å². The van der Waals surface area contributed by atoms with Crippen LogP contribution in [0.3, 0.4) is 0 Å². The second-order valence-electron chi connectivity index (χ2n) is 15.2. The average Bonchev–Trinajstić information content (AvgIpc) is 3.11. The third-order valence-electron chi connectivity index (χ3n) is 9.88. The molecule has 0 aromatic rings. The summed E-state index contributed by atoms with van der Waals surface area (Å²) in [4.78, 5) is 16.0. The van der Waals surface area contributed by atoms with Gasteiger partial charge in [-0.2, -0.15) is 0 Å². The first-order chi connectivity index (χ1) is 24.6. The highest BCUT2D eigenvalue weighted by atomic mass is 16.5. The van der Waals surface area contributed by atoms with Crippen molar-refractivity contribution in [1.82, 2.24) is 4.90 Å². The minimum Gasteiger partial charge on any atom is -0.376 e. The molecule has 5 heteroatoms. The number of unbranched alkanes of at least 4 members (excludes halogenated alkanes) is 24. The van der Waals surface area contributed by atoms with E-state index >= 15 is 0 Å². The van der Waals surface area contributed by atoms with Crippen molar-refractivity contribution in [2.45, 2.75) is 200 Å². The van der Waals surface area contributed by atoms with E-state index in [0.29, 0.717) is 25.5 Å². The van der Waals surface area contributed by atoms with Crippen LogP contribution in [0.4, 0.5) is 0 Å². The molecule has 0 aliphatic heterocycles. The molecule has 0 saturated carbocycles. The topological polar surface area (TPSA) is 43.2 Å². The Kier molecular flexibility index (Phi) is 41.5. The van der Waals surface area contributed by atoms with Gasteiger partial charge in [0.1, 0.15) is 13.1 Å². The molecule has 0 unspecified atom stereocenters. The molecule has 0 spiro atoms. The standard InChI is InChI=1S/C45H88N2O3/c1-5-7-9-11-13-15-17-19-21-23-25-27-29-31-33-35-41-49-43-39-47(45(48)37-38-46(3)4)40-44-50-42-36-34-32-30-28-26-24-22-20-18-16-14-12-10-8-6-2/h19-22H,5-18,23-44H2,1-4H3/p+1/b21-19-,22-20-. The Morgan fingerprint density at radius 1 is 0.460 bits per heavy atom. The van der Waals surface area contributed by atoms with Gasteiger partial charge in [0, 0.05) is 19.8 Å². The second-order valence-corrected chi connectivity index (χ2v) is 15.2. The number of ether oxygens (including phenoxy) is 2. The molecule has 0 aliphatic carbocycles. The fraction of sp³-hybridized carbons (Fsp3) is 0.889. The Morgan fingerprint density at radius 3 is 1.12 bits per heavy atom. The quantitative estimate of drug-likeness (QED) is 0.0508. The van der Waals surface area contributed by atoms with E-state index < -0.39 is 0 Å². The minimum absolute atomic E-state index is 0.292.